The molecule has 5 rings (SSSR count). The number of fused-ring (bicyclic) bond motifs is 1. The second kappa shape index (κ2) is 9.43. The number of carbonyl (C=O) groups is 1. The fourth-order valence-corrected chi connectivity index (χ4v) is 6.81. The molecular formula is C26H31N3O4S. The fraction of sp³-hybridized carbons (Fsp3) is 0.423. The van der Waals surface area contributed by atoms with Gasteiger partial charge in [-0.2, -0.15) is 4.31 Å². The number of H-pyrrole nitrogens is 1. The Morgan fingerprint density at radius 2 is 1.62 bits per heavy atom. The summed E-state index contributed by atoms with van der Waals surface area (Å²) in [4.78, 5) is 18.8. The Bertz CT molecular complexity index is 1250. The summed E-state index contributed by atoms with van der Waals surface area (Å²) in [6, 6.07) is 14.8. The van der Waals surface area contributed by atoms with Crippen LogP contribution in [0.1, 0.15) is 37.2 Å². The maximum Gasteiger partial charge on any atom is 0.243 e. The smallest absolute Gasteiger partial charge is 0.243 e. The third kappa shape index (κ3) is 4.32. The molecule has 0 radical (unpaired) electrons. The van der Waals surface area contributed by atoms with Crippen molar-refractivity contribution in [3.63, 3.8) is 0 Å². The monoisotopic (exact) mass is 481 g/mol. The lowest BCUT2D eigenvalue weighted by Gasteiger charge is -2.37. The normalized spacial score (nSPS) is 18.9. The van der Waals surface area contributed by atoms with Gasteiger partial charge in [-0.3, -0.25) is 4.79 Å². The van der Waals surface area contributed by atoms with Crippen molar-refractivity contribution >= 4 is 26.8 Å². The summed E-state index contributed by atoms with van der Waals surface area (Å²) >= 11 is 0. The first-order valence-electron chi connectivity index (χ1n) is 12.0. The summed E-state index contributed by atoms with van der Waals surface area (Å²) in [5.41, 5.74) is 2.51. The van der Waals surface area contributed by atoms with Gasteiger partial charge in [0.2, 0.25) is 15.9 Å². The van der Waals surface area contributed by atoms with Gasteiger partial charge in [-0.1, -0.05) is 18.2 Å². The van der Waals surface area contributed by atoms with Crippen LogP contribution in [0.4, 0.5) is 0 Å². The van der Waals surface area contributed by atoms with Crippen molar-refractivity contribution in [1.82, 2.24) is 14.2 Å². The minimum Gasteiger partial charge on any atom is -0.497 e. The number of nitrogens with zero attached hydrogens (tertiary/aromatic N) is 2. The summed E-state index contributed by atoms with van der Waals surface area (Å²) < 4.78 is 32.6. The van der Waals surface area contributed by atoms with Crippen molar-refractivity contribution < 1.29 is 17.9 Å². The van der Waals surface area contributed by atoms with Gasteiger partial charge in [0.25, 0.3) is 0 Å². The molecule has 0 unspecified atom stereocenters. The number of piperidine rings is 2. The maximum atomic E-state index is 13.2. The Balaban J connectivity index is 1.16. The Morgan fingerprint density at radius 3 is 2.29 bits per heavy atom. The van der Waals surface area contributed by atoms with Crippen molar-refractivity contribution in [2.45, 2.75) is 36.5 Å². The molecule has 1 N–H and O–H groups in total. The van der Waals surface area contributed by atoms with Crippen LogP contribution in [0.5, 0.6) is 5.75 Å². The highest BCUT2D eigenvalue weighted by molar-refractivity contribution is 7.89. The zero-order valence-corrected chi connectivity index (χ0v) is 20.3. The van der Waals surface area contributed by atoms with Crippen LogP contribution < -0.4 is 4.74 Å². The van der Waals surface area contributed by atoms with Crippen molar-refractivity contribution in [1.29, 1.82) is 0 Å². The Morgan fingerprint density at radius 1 is 0.941 bits per heavy atom. The molecule has 3 aromatic rings. The molecule has 8 heteroatoms. The highest BCUT2D eigenvalue weighted by Crippen LogP contribution is 2.34. The summed E-state index contributed by atoms with van der Waals surface area (Å²) in [6.45, 7) is 2.26. The number of hydrogen-bond donors (Lipinski definition) is 1. The molecule has 2 aromatic carbocycles. The number of ether oxygens (including phenoxy) is 1. The van der Waals surface area contributed by atoms with E-state index >= 15 is 0 Å². The van der Waals surface area contributed by atoms with Gasteiger partial charge in [0.05, 0.1) is 12.0 Å². The molecule has 2 aliphatic heterocycles. The molecule has 0 aliphatic carbocycles. The van der Waals surface area contributed by atoms with E-state index in [-0.39, 0.29) is 16.7 Å². The average Bonchev–Trinajstić information content (AvgIpc) is 3.33. The summed E-state index contributed by atoms with van der Waals surface area (Å²) in [5.74, 6) is 1.15. The van der Waals surface area contributed by atoms with E-state index in [0.717, 1.165) is 31.4 Å². The van der Waals surface area contributed by atoms with Crippen LogP contribution in [0.15, 0.2) is 59.6 Å². The zero-order valence-electron chi connectivity index (χ0n) is 19.4. The number of methoxy groups -OCH3 is 1. The minimum absolute atomic E-state index is 0.105. The van der Waals surface area contributed by atoms with E-state index in [9.17, 15) is 13.2 Å². The van der Waals surface area contributed by atoms with Crippen LogP contribution in [0.25, 0.3) is 10.9 Å². The number of benzene rings is 2. The van der Waals surface area contributed by atoms with Gasteiger partial charge in [-0.15, -0.1) is 0 Å². The molecule has 3 heterocycles. The van der Waals surface area contributed by atoms with Crippen LogP contribution >= 0.6 is 0 Å². The first-order valence-corrected chi connectivity index (χ1v) is 13.4. The van der Waals surface area contributed by atoms with Gasteiger partial charge in [0.15, 0.2) is 0 Å². The average molecular weight is 482 g/mol. The molecule has 2 saturated heterocycles. The molecule has 0 spiro atoms. The molecule has 2 fully saturated rings. The number of carbonyl (C=O) groups excluding carboxylic acids is 1. The number of nitrogens with one attached hydrogen (secondary N) is 1. The van der Waals surface area contributed by atoms with E-state index in [2.05, 4.69) is 29.4 Å². The van der Waals surface area contributed by atoms with Gasteiger partial charge in [0.1, 0.15) is 5.75 Å². The number of aromatic nitrogens is 1. The molecular weight excluding hydrogens is 450 g/mol. The van der Waals surface area contributed by atoms with Crippen molar-refractivity contribution in [3.8, 4) is 5.75 Å². The largest absolute Gasteiger partial charge is 0.497 e. The number of aromatic amines is 1. The second-order valence-electron chi connectivity index (χ2n) is 9.24. The van der Waals surface area contributed by atoms with E-state index in [1.54, 1.807) is 31.4 Å². The lowest BCUT2D eigenvalue weighted by Crippen LogP contribution is -2.46. The maximum absolute atomic E-state index is 13.2. The molecule has 180 valence electrons. The number of para-hydroxylation sites is 1. The van der Waals surface area contributed by atoms with Crippen molar-refractivity contribution in [3.05, 3.63) is 60.3 Å². The SMILES string of the molecule is COc1ccc(S(=O)(=O)N2CCC(C(=O)N3CCC(c4c[nH]c5ccccc45)CC3)CC2)cc1. The van der Waals surface area contributed by atoms with E-state index in [1.165, 1.54) is 15.3 Å². The second-order valence-corrected chi connectivity index (χ2v) is 11.2. The van der Waals surface area contributed by atoms with E-state index in [0.29, 0.717) is 37.6 Å². The van der Waals surface area contributed by atoms with Gasteiger partial charge < -0.3 is 14.6 Å². The van der Waals surface area contributed by atoms with Crippen LogP contribution in [0.3, 0.4) is 0 Å². The summed E-state index contributed by atoms with van der Waals surface area (Å²) in [6.07, 6.45) is 5.16. The lowest BCUT2D eigenvalue weighted by atomic mass is 9.88. The van der Waals surface area contributed by atoms with E-state index < -0.39 is 10.0 Å². The van der Waals surface area contributed by atoms with Crippen molar-refractivity contribution in [2.24, 2.45) is 5.92 Å². The quantitative estimate of drug-likeness (QED) is 0.598. The van der Waals surface area contributed by atoms with Gasteiger partial charge in [0, 0.05) is 49.2 Å². The molecule has 34 heavy (non-hydrogen) atoms. The molecule has 0 atom stereocenters. The Kier molecular flexibility index (Phi) is 6.36. The highest BCUT2D eigenvalue weighted by Gasteiger charge is 2.35. The molecule has 1 amide bonds. The lowest BCUT2D eigenvalue weighted by molar-refractivity contribution is -0.137. The van der Waals surface area contributed by atoms with Crippen LogP contribution in [0.2, 0.25) is 0 Å². The van der Waals surface area contributed by atoms with Gasteiger partial charge in [-0.25, -0.2) is 8.42 Å². The zero-order chi connectivity index (χ0) is 23.7. The van der Waals surface area contributed by atoms with Crippen LogP contribution in [-0.2, 0) is 14.8 Å². The van der Waals surface area contributed by atoms with Gasteiger partial charge >= 0.3 is 0 Å². The van der Waals surface area contributed by atoms with E-state index in [4.69, 9.17) is 4.74 Å². The summed E-state index contributed by atoms with van der Waals surface area (Å²) in [5, 5.41) is 1.28. The summed E-state index contributed by atoms with van der Waals surface area (Å²) in [7, 11) is -2.01. The third-order valence-electron chi connectivity index (χ3n) is 7.37. The number of rotatable bonds is 5. The standard InChI is InChI=1S/C26H31N3O4S/c1-33-21-6-8-22(9-7-21)34(31,32)29-16-12-20(13-17-29)26(30)28-14-10-19(11-15-28)24-18-27-25-5-3-2-4-23(24)25/h2-9,18-20,27H,10-17H2,1H3. The number of sulfonamides is 1. The Labute approximate surface area is 200 Å². The molecule has 0 saturated carbocycles. The first kappa shape index (κ1) is 22.9. The first-order chi connectivity index (χ1) is 16.5. The number of amides is 1. The third-order valence-corrected chi connectivity index (χ3v) is 9.28. The topological polar surface area (TPSA) is 82.7 Å². The number of likely N-dealkylation sites (tertiary alicyclic amines) is 1. The number of hydrogen-bond acceptors (Lipinski definition) is 4. The molecule has 7 nitrogen and oxygen atoms in total. The molecule has 0 bridgehead atoms. The highest BCUT2D eigenvalue weighted by atomic mass is 32.2. The van der Waals surface area contributed by atoms with Crippen LogP contribution in [0, 0.1) is 5.92 Å². The van der Waals surface area contributed by atoms with Crippen molar-refractivity contribution in [2.75, 3.05) is 33.3 Å². The predicted molar refractivity (Wildman–Crippen MR) is 131 cm³/mol. The predicted octanol–water partition coefficient (Wildman–Crippen LogP) is 3.98. The Hall–Kier alpha value is -2.84. The fourth-order valence-electron chi connectivity index (χ4n) is 5.34. The molecule has 2 aliphatic rings. The van der Waals surface area contributed by atoms with Crippen LogP contribution in [-0.4, -0.2) is 61.8 Å². The molecule has 1 aromatic heterocycles. The minimum atomic E-state index is -3.56. The van der Waals surface area contributed by atoms with E-state index in [1.807, 2.05) is 11.0 Å². The van der Waals surface area contributed by atoms with Gasteiger partial charge in [-0.05, 0) is 67.5 Å².